The Kier molecular flexibility index (Phi) is 0.868. The molecular weight excluding hydrogens is 128 g/mol. The first-order chi connectivity index (χ1) is 4.95. The molecule has 2 nitrogen and oxygen atoms in total. The van der Waals surface area contributed by atoms with Gasteiger partial charge in [0.25, 0.3) is 0 Å². The fourth-order valence-corrected chi connectivity index (χ4v) is 2.24. The summed E-state index contributed by atoms with van der Waals surface area (Å²) >= 11 is 0. The van der Waals surface area contributed by atoms with Gasteiger partial charge in [-0.2, -0.15) is 0 Å². The summed E-state index contributed by atoms with van der Waals surface area (Å²) in [6.07, 6.45) is 5.14. The molecule has 0 aromatic heterocycles. The lowest BCUT2D eigenvalue weighted by atomic mass is 9.86. The third kappa shape index (κ3) is 0.478. The van der Waals surface area contributed by atoms with Gasteiger partial charge in [0, 0.05) is 11.8 Å². The fourth-order valence-electron chi connectivity index (χ4n) is 2.24. The number of fused-ring (bicyclic) bond motifs is 5. The van der Waals surface area contributed by atoms with Crippen LogP contribution in [0.1, 0.15) is 0 Å². The van der Waals surface area contributed by atoms with Crippen LogP contribution in [0.25, 0.3) is 0 Å². The van der Waals surface area contributed by atoms with E-state index in [-0.39, 0.29) is 0 Å². The number of rotatable bonds is 0. The van der Waals surface area contributed by atoms with Crippen LogP contribution in [0.15, 0.2) is 12.2 Å². The van der Waals surface area contributed by atoms with Gasteiger partial charge < -0.3 is 9.47 Å². The summed E-state index contributed by atoms with van der Waals surface area (Å²) in [5.74, 6) is 1.35. The second kappa shape index (κ2) is 1.63. The van der Waals surface area contributed by atoms with Gasteiger partial charge in [-0.05, 0) is 0 Å². The first-order valence-electron chi connectivity index (χ1n) is 3.87. The highest BCUT2D eigenvalue weighted by Gasteiger charge is 2.48. The average molecular weight is 138 g/mol. The second-order valence-corrected chi connectivity index (χ2v) is 3.32. The molecule has 4 unspecified atom stereocenters. The molecule has 0 amide bonds. The lowest BCUT2D eigenvalue weighted by Crippen LogP contribution is -2.21. The summed E-state index contributed by atoms with van der Waals surface area (Å²) in [6.45, 7) is 1.83. The summed E-state index contributed by atoms with van der Waals surface area (Å²) in [5, 5.41) is 0. The van der Waals surface area contributed by atoms with Gasteiger partial charge in [-0.25, -0.2) is 0 Å². The van der Waals surface area contributed by atoms with Crippen molar-refractivity contribution in [2.24, 2.45) is 11.8 Å². The van der Waals surface area contributed by atoms with Gasteiger partial charge in [0.1, 0.15) is 0 Å². The first-order valence-corrected chi connectivity index (χ1v) is 3.87. The highest BCUT2D eigenvalue weighted by Crippen LogP contribution is 2.42. The van der Waals surface area contributed by atoms with Crippen molar-refractivity contribution in [1.82, 2.24) is 0 Å². The van der Waals surface area contributed by atoms with Crippen molar-refractivity contribution in [2.45, 2.75) is 12.2 Å². The molecule has 0 aromatic rings. The minimum absolute atomic E-state index is 0.387. The maximum atomic E-state index is 5.65. The van der Waals surface area contributed by atoms with Crippen molar-refractivity contribution in [1.29, 1.82) is 0 Å². The van der Waals surface area contributed by atoms with E-state index in [9.17, 15) is 0 Å². The molecular formula is C8H10O2. The zero-order valence-corrected chi connectivity index (χ0v) is 5.69. The zero-order valence-electron chi connectivity index (χ0n) is 5.69. The van der Waals surface area contributed by atoms with Crippen molar-refractivity contribution in [3.8, 4) is 0 Å². The van der Waals surface area contributed by atoms with Crippen molar-refractivity contribution >= 4 is 0 Å². The first kappa shape index (κ1) is 5.33. The molecule has 0 spiro atoms. The predicted molar refractivity (Wildman–Crippen MR) is 35.6 cm³/mol. The largest absolute Gasteiger partial charge is 0.381 e. The molecule has 54 valence electrons. The van der Waals surface area contributed by atoms with Crippen molar-refractivity contribution < 1.29 is 9.47 Å². The molecule has 10 heavy (non-hydrogen) atoms. The smallest absolute Gasteiger partial charge is 0.0819 e. The van der Waals surface area contributed by atoms with E-state index in [1.807, 2.05) is 0 Å². The van der Waals surface area contributed by atoms with Gasteiger partial charge in [0.05, 0.1) is 25.4 Å². The lowest BCUT2D eigenvalue weighted by Gasteiger charge is -2.12. The number of ether oxygens (including phenoxy) is 2. The number of hydrogen-bond donors (Lipinski definition) is 0. The standard InChI is InChI=1S/C8H10O2/c1-2-8-6-4-9-3-5(6)7(1)10-8/h1-2,5-8H,3-4H2. The molecule has 2 heteroatoms. The van der Waals surface area contributed by atoms with E-state index in [1.165, 1.54) is 0 Å². The predicted octanol–water partition coefficient (Wildman–Crippen LogP) is 0.586. The van der Waals surface area contributed by atoms with E-state index in [2.05, 4.69) is 12.2 Å². The van der Waals surface area contributed by atoms with Crippen molar-refractivity contribution in [3.05, 3.63) is 12.2 Å². The van der Waals surface area contributed by atoms with Crippen LogP contribution in [0.5, 0.6) is 0 Å². The molecule has 3 aliphatic heterocycles. The van der Waals surface area contributed by atoms with Crippen molar-refractivity contribution in [2.75, 3.05) is 13.2 Å². The van der Waals surface area contributed by atoms with Crippen molar-refractivity contribution in [3.63, 3.8) is 0 Å². The molecule has 2 bridgehead atoms. The maximum Gasteiger partial charge on any atom is 0.0819 e. The Balaban J connectivity index is 1.99. The normalized spacial score (nSPS) is 56.0. The molecule has 0 radical (unpaired) electrons. The zero-order chi connectivity index (χ0) is 6.55. The van der Waals surface area contributed by atoms with Crippen LogP contribution in [0.3, 0.4) is 0 Å². The van der Waals surface area contributed by atoms with Gasteiger partial charge in [-0.15, -0.1) is 0 Å². The Morgan fingerprint density at radius 3 is 2.20 bits per heavy atom. The van der Waals surface area contributed by atoms with Crippen LogP contribution >= 0.6 is 0 Å². The fraction of sp³-hybridized carbons (Fsp3) is 0.750. The van der Waals surface area contributed by atoms with Crippen LogP contribution < -0.4 is 0 Å². The molecule has 0 aliphatic carbocycles. The lowest BCUT2D eigenvalue weighted by molar-refractivity contribution is 0.0576. The van der Waals surface area contributed by atoms with Crippen LogP contribution in [-0.4, -0.2) is 25.4 Å². The molecule has 0 aromatic carbocycles. The number of hydrogen-bond acceptors (Lipinski definition) is 2. The molecule has 0 N–H and O–H groups in total. The monoisotopic (exact) mass is 138 g/mol. The topological polar surface area (TPSA) is 18.5 Å². The summed E-state index contributed by atoms with van der Waals surface area (Å²) in [5.41, 5.74) is 0. The molecule has 2 saturated heterocycles. The summed E-state index contributed by atoms with van der Waals surface area (Å²) in [7, 11) is 0. The quantitative estimate of drug-likeness (QED) is 0.456. The Morgan fingerprint density at radius 2 is 1.60 bits per heavy atom. The SMILES string of the molecule is C1=CC2OC1C1COCC21. The Hall–Kier alpha value is -0.340. The van der Waals surface area contributed by atoms with E-state index in [0.29, 0.717) is 24.0 Å². The highest BCUT2D eigenvalue weighted by molar-refractivity contribution is 5.15. The molecule has 4 atom stereocenters. The third-order valence-electron chi connectivity index (χ3n) is 2.82. The Morgan fingerprint density at radius 1 is 1.00 bits per heavy atom. The van der Waals surface area contributed by atoms with E-state index >= 15 is 0 Å². The second-order valence-electron chi connectivity index (χ2n) is 3.32. The van der Waals surface area contributed by atoms with E-state index in [4.69, 9.17) is 9.47 Å². The van der Waals surface area contributed by atoms with Gasteiger partial charge in [-0.1, -0.05) is 12.2 Å². The van der Waals surface area contributed by atoms with Gasteiger partial charge in [0.15, 0.2) is 0 Å². The molecule has 3 aliphatic rings. The highest BCUT2D eigenvalue weighted by atomic mass is 16.5. The minimum atomic E-state index is 0.387. The van der Waals surface area contributed by atoms with E-state index in [0.717, 1.165) is 13.2 Å². The maximum absolute atomic E-state index is 5.65. The third-order valence-corrected chi connectivity index (χ3v) is 2.82. The molecule has 2 fully saturated rings. The summed E-state index contributed by atoms with van der Waals surface area (Å²) < 4.78 is 11.0. The van der Waals surface area contributed by atoms with Crippen LogP contribution in [0, 0.1) is 11.8 Å². The van der Waals surface area contributed by atoms with Crippen LogP contribution in [-0.2, 0) is 9.47 Å². The van der Waals surface area contributed by atoms with Gasteiger partial charge in [0.2, 0.25) is 0 Å². The molecule has 3 heterocycles. The van der Waals surface area contributed by atoms with Crippen LogP contribution in [0.2, 0.25) is 0 Å². The summed E-state index contributed by atoms with van der Waals surface area (Å²) in [6, 6.07) is 0. The molecule has 0 saturated carbocycles. The average Bonchev–Trinajstić information content (AvgIpc) is 2.60. The van der Waals surface area contributed by atoms with Gasteiger partial charge in [-0.3, -0.25) is 0 Å². The Labute approximate surface area is 59.8 Å². The van der Waals surface area contributed by atoms with Gasteiger partial charge >= 0.3 is 0 Å². The van der Waals surface area contributed by atoms with E-state index < -0.39 is 0 Å². The summed E-state index contributed by atoms with van der Waals surface area (Å²) in [4.78, 5) is 0. The Bertz CT molecular complexity index is 170. The molecule has 3 rings (SSSR count). The van der Waals surface area contributed by atoms with E-state index in [1.54, 1.807) is 0 Å². The van der Waals surface area contributed by atoms with Crippen LogP contribution in [0.4, 0.5) is 0 Å². The minimum Gasteiger partial charge on any atom is -0.381 e.